The summed E-state index contributed by atoms with van der Waals surface area (Å²) >= 11 is 1.22. The Bertz CT molecular complexity index is 559. The average Bonchev–Trinajstić information content (AvgIpc) is 2.94. The molecule has 0 saturated heterocycles. The normalized spacial score (nSPS) is 12.1. The summed E-state index contributed by atoms with van der Waals surface area (Å²) in [4.78, 5) is 15.6. The van der Waals surface area contributed by atoms with Gasteiger partial charge in [0.1, 0.15) is 5.25 Å². The van der Waals surface area contributed by atoms with Crippen molar-refractivity contribution >= 4 is 17.7 Å². The van der Waals surface area contributed by atoms with Crippen molar-refractivity contribution in [3.63, 3.8) is 0 Å². The van der Waals surface area contributed by atoms with Crippen molar-refractivity contribution in [2.75, 3.05) is 6.61 Å². The van der Waals surface area contributed by atoms with Crippen LogP contribution in [0.15, 0.2) is 34.2 Å². The van der Waals surface area contributed by atoms with E-state index in [0.29, 0.717) is 24.1 Å². The van der Waals surface area contributed by atoms with Crippen LogP contribution in [-0.2, 0) is 9.53 Å². The molecule has 0 aliphatic rings. The molecule has 0 bridgehead atoms. The monoisotopic (exact) mass is 293 g/mol. The number of hydrogen-bond donors (Lipinski definition) is 0. The van der Waals surface area contributed by atoms with Crippen LogP contribution in [0.3, 0.4) is 0 Å². The molecule has 0 unspecified atom stereocenters. The van der Waals surface area contributed by atoms with E-state index in [1.807, 2.05) is 6.92 Å². The van der Waals surface area contributed by atoms with E-state index in [-0.39, 0.29) is 11.2 Å². The van der Waals surface area contributed by atoms with Crippen LogP contribution < -0.4 is 0 Å². The predicted octanol–water partition coefficient (Wildman–Crippen LogP) is 2.57. The van der Waals surface area contributed by atoms with Gasteiger partial charge in [-0.15, -0.1) is 10.2 Å². The Morgan fingerprint density at radius 2 is 2.10 bits per heavy atom. The van der Waals surface area contributed by atoms with Crippen molar-refractivity contribution < 1.29 is 13.9 Å². The van der Waals surface area contributed by atoms with E-state index in [2.05, 4.69) is 15.2 Å². The second kappa shape index (κ2) is 7.04. The van der Waals surface area contributed by atoms with Crippen LogP contribution in [0, 0.1) is 0 Å². The number of nitrogens with zero attached hydrogens (tertiary/aromatic N) is 3. The highest BCUT2D eigenvalue weighted by atomic mass is 32.2. The number of rotatable bonds is 6. The molecule has 2 rings (SSSR count). The largest absolute Gasteiger partial charge is 0.465 e. The summed E-state index contributed by atoms with van der Waals surface area (Å²) in [6.45, 7) is 4.06. The molecule has 0 amide bonds. The zero-order chi connectivity index (χ0) is 14.4. The first-order valence-electron chi connectivity index (χ1n) is 6.31. The van der Waals surface area contributed by atoms with Crippen LogP contribution in [0.25, 0.3) is 11.5 Å². The minimum absolute atomic E-state index is 0.260. The first kappa shape index (κ1) is 14.5. The molecule has 0 saturated carbocycles. The Morgan fingerprint density at radius 1 is 1.35 bits per heavy atom. The maximum absolute atomic E-state index is 11.7. The summed E-state index contributed by atoms with van der Waals surface area (Å²) in [6, 6.07) is 3.56. The number of carbonyl (C=O) groups is 1. The van der Waals surface area contributed by atoms with Crippen molar-refractivity contribution in [3.8, 4) is 11.5 Å². The van der Waals surface area contributed by atoms with Gasteiger partial charge >= 0.3 is 5.97 Å². The van der Waals surface area contributed by atoms with Crippen LogP contribution >= 0.6 is 11.8 Å². The molecule has 0 radical (unpaired) electrons. The van der Waals surface area contributed by atoms with Gasteiger partial charge in [0, 0.05) is 18.0 Å². The third-order valence-corrected chi connectivity index (χ3v) is 3.67. The molecule has 2 aromatic rings. The molecule has 106 valence electrons. The molecule has 6 nitrogen and oxygen atoms in total. The van der Waals surface area contributed by atoms with Crippen LogP contribution in [0.1, 0.15) is 20.3 Å². The molecule has 2 aromatic heterocycles. The summed E-state index contributed by atoms with van der Waals surface area (Å²) in [5.41, 5.74) is 0.795. The van der Waals surface area contributed by atoms with Crippen LogP contribution in [0.2, 0.25) is 0 Å². The number of hydrogen-bond acceptors (Lipinski definition) is 7. The third-order valence-electron chi connectivity index (χ3n) is 2.50. The fourth-order valence-corrected chi connectivity index (χ4v) is 2.31. The summed E-state index contributed by atoms with van der Waals surface area (Å²) in [5, 5.41) is 7.93. The number of aromatic nitrogens is 3. The minimum Gasteiger partial charge on any atom is -0.465 e. The lowest BCUT2D eigenvalue weighted by atomic mass is 10.3. The standard InChI is InChI=1S/C13H15N3O3S/c1-3-10(12(17)18-4-2)20-13-16-15-11(19-13)9-5-7-14-8-6-9/h5-8,10H,3-4H2,1-2H3/t10-/m0/s1. The Morgan fingerprint density at radius 3 is 2.75 bits per heavy atom. The van der Waals surface area contributed by atoms with Gasteiger partial charge in [0.2, 0.25) is 5.89 Å². The highest BCUT2D eigenvalue weighted by Gasteiger charge is 2.22. The number of thioether (sulfide) groups is 1. The fraction of sp³-hybridized carbons (Fsp3) is 0.385. The van der Waals surface area contributed by atoms with Crippen molar-refractivity contribution in [1.82, 2.24) is 15.2 Å². The second-order valence-corrected chi connectivity index (χ2v) is 5.03. The molecule has 2 heterocycles. The molecule has 0 aromatic carbocycles. The van der Waals surface area contributed by atoms with Crippen molar-refractivity contribution in [2.24, 2.45) is 0 Å². The maximum Gasteiger partial charge on any atom is 0.319 e. The highest BCUT2D eigenvalue weighted by Crippen LogP contribution is 2.27. The molecule has 0 aliphatic heterocycles. The molecular weight excluding hydrogens is 278 g/mol. The molecule has 0 N–H and O–H groups in total. The lowest BCUT2D eigenvalue weighted by Crippen LogP contribution is -2.19. The molecular formula is C13H15N3O3S. The predicted molar refractivity (Wildman–Crippen MR) is 74.1 cm³/mol. The van der Waals surface area contributed by atoms with E-state index in [4.69, 9.17) is 9.15 Å². The van der Waals surface area contributed by atoms with Crippen molar-refractivity contribution in [3.05, 3.63) is 24.5 Å². The SMILES string of the molecule is CCOC(=O)[C@H](CC)Sc1nnc(-c2ccncc2)o1. The van der Waals surface area contributed by atoms with Crippen molar-refractivity contribution in [2.45, 2.75) is 30.7 Å². The van der Waals surface area contributed by atoms with Crippen LogP contribution in [-0.4, -0.2) is 33.0 Å². The zero-order valence-electron chi connectivity index (χ0n) is 11.3. The third kappa shape index (κ3) is 3.57. The van der Waals surface area contributed by atoms with Crippen LogP contribution in [0.4, 0.5) is 0 Å². The summed E-state index contributed by atoms with van der Waals surface area (Å²) in [6.07, 6.45) is 3.94. The van der Waals surface area contributed by atoms with Gasteiger partial charge in [0.25, 0.3) is 5.22 Å². The topological polar surface area (TPSA) is 78.1 Å². The summed E-state index contributed by atoms with van der Waals surface area (Å²) < 4.78 is 10.5. The van der Waals surface area contributed by atoms with Gasteiger partial charge in [-0.2, -0.15) is 0 Å². The van der Waals surface area contributed by atoms with E-state index in [9.17, 15) is 4.79 Å². The fourth-order valence-electron chi connectivity index (χ4n) is 1.52. The number of pyridine rings is 1. The van der Waals surface area contributed by atoms with Gasteiger partial charge < -0.3 is 9.15 Å². The molecule has 1 atom stereocenters. The minimum atomic E-state index is -0.333. The van der Waals surface area contributed by atoms with Gasteiger partial charge in [-0.3, -0.25) is 9.78 Å². The Labute approximate surface area is 120 Å². The Balaban J connectivity index is 2.07. The quantitative estimate of drug-likeness (QED) is 0.598. The zero-order valence-corrected chi connectivity index (χ0v) is 12.1. The smallest absolute Gasteiger partial charge is 0.319 e. The second-order valence-electron chi connectivity index (χ2n) is 3.88. The number of carbonyl (C=O) groups excluding carboxylic acids is 1. The van der Waals surface area contributed by atoms with Gasteiger partial charge in [-0.05, 0) is 25.5 Å². The highest BCUT2D eigenvalue weighted by molar-refractivity contribution is 8.00. The van der Waals surface area contributed by atoms with Gasteiger partial charge in [-0.25, -0.2) is 0 Å². The lowest BCUT2D eigenvalue weighted by Gasteiger charge is -2.09. The van der Waals surface area contributed by atoms with Crippen LogP contribution in [0.5, 0.6) is 0 Å². The summed E-state index contributed by atoms with van der Waals surface area (Å²) in [7, 11) is 0. The number of ether oxygens (including phenoxy) is 1. The average molecular weight is 293 g/mol. The molecule has 0 aliphatic carbocycles. The van der Waals surface area contributed by atoms with Gasteiger partial charge in [0.15, 0.2) is 0 Å². The number of esters is 1. The van der Waals surface area contributed by atoms with E-state index in [1.54, 1.807) is 31.5 Å². The van der Waals surface area contributed by atoms with Gasteiger partial charge in [-0.1, -0.05) is 18.7 Å². The van der Waals surface area contributed by atoms with E-state index in [0.717, 1.165) is 5.56 Å². The van der Waals surface area contributed by atoms with E-state index in [1.165, 1.54) is 11.8 Å². The van der Waals surface area contributed by atoms with Gasteiger partial charge in [0.05, 0.1) is 6.61 Å². The molecule has 20 heavy (non-hydrogen) atoms. The first-order chi connectivity index (χ1) is 9.74. The molecule has 0 fully saturated rings. The van der Waals surface area contributed by atoms with E-state index >= 15 is 0 Å². The molecule has 0 spiro atoms. The Hall–Kier alpha value is -1.89. The lowest BCUT2D eigenvalue weighted by molar-refractivity contribution is -0.142. The first-order valence-corrected chi connectivity index (χ1v) is 7.19. The maximum atomic E-state index is 11.7. The van der Waals surface area contributed by atoms with E-state index < -0.39 is 0 Å². The summed E-state index contributed by atoms with van der Waals surface area (Å²) in [5.74, 6) is 0.150. The van der Waals surface area contributed by atoms with Crippen molar-refractivity contribution in [1.29, 1.82) is 0 Å². The Kier molecular flexibility index (Phi) is 5.11. The molecule has 7 heteroatoms.